The highest BCUT2D eigenvalue weighted by Crippen LogP contribution is 2.25. The summed E-state index contributed by atoms with van der Waals surface area (Å²) in [6.45, 7) is 1.67. The lowest BCUT2D eigenvalue weighted by molar-refractivity contribution is -0.142. The van der Waals surface area contributed by atoms with Gasteiger partial charge in [0.1, 0.15) is 11.8 Å². The van der Waals surface area contributed by atoms with E-state index in [1.54, 1.807) is 13.0 Å². The lowest BCUT2D eigenvalue weighted by Crippen LogP contribution is -2.13. The first kappa shape index (κ1) is 12.0. The van der Waals surface area contributed by atoms with Crippen LogP contribution in [-0.4, -0.2) is 25.2 Å². The Bertz CT molecular complexity index is 437. The molecule has 5 nitrogen and oxygen atoms in total. The zero-order valence-corrected chi connectivity index (χ0v) is 9.35. The van der Waals surface area contributed by atoms with Gasteiger partial charge in [-0.2, -0.15) is 5.26 Å². The molecule has 0 saturated heterocycles. The Morgan fingerprint density at radius 2 is 2.25 bits per heavy atom. The van der Waals surface area contributed by atoms with Gasteiger partial charge in [0.25, 0.3) is 0 Å². The van der Waals surface area contributed by atoms with E-state index >= 15 is 0 Å². The summed E-state index contributed by atoms with van der Waals surface area (Å²) in [5.74, 6) is -0.500. The summed E-state index contributed by atoms with van der Waals surface area (Å²) in [5.41, 5.74) is 0.853. The fourth-order valence-corrected chi connectivity index (χ4v) is 1.29. The number of rotatable bonds is 3. The average Bonchev–Trinajstić information content (AvgIpc) is 2.35. The van der Waals surface area contributed by atoms with Gasteiger partial charge in [-0.25, -0.2) is 0 Å². The van der Waals surface area contributed by atoms with E-state index in [9.17, 15) is 4.79 Å². The monoisotopic (exact) mass is 220 g/mol. The summed E-state index contributed by atoms with van der Waals surface area (Å²) < 4.78 is 9.71. The van der Waals surface area contributed by atoms with E-state index in [0.717, 1.165) is 0 Å². The molecule has 16 heavy (non-hydrogen) atoms. The molecule has 1 heterocycles. The van der Waals surface area contributed by atoms with Crippen molar-refractivity contribution in [2.24, 2.45) is 0 Å². The third kappa shape index (κ3) is 2.28. The number of esters is 1. The molecule has 0 aliphatic rings. The third-order valence-corrected chi connectivity index (χ3v) is 2.20. The molecule has 0 aromatic carbocycles. The minimum absolute atomic E-state index is 0.387. The fraction of sp³-hybridized carbons (Fsp3) is 0.364. The number of nitrogens with zero attached hydrogens (tertiary/aromatic N) is 2. The van der Waals surface area contributed by atoms with E-state index in [2.05, 4.69) is 9.72 Å². The topological polar surface area (TPSA) is 72.2 Å². The van der Waals surface area contributed by atoms with Crippen LogP contribution in [-0.2, 0) is 9.53 Å². The number of hydrogen-bond donors (Lipinski definition) is 0. The largest absolute Gasteiger partial charge is 0.495 e. The minimum Gasteiger partial charge on any atom is -0.495 e. The molecular formula is C11H12N2O3. The van der Waals surface area contributed by atoms with Crippen LogP contribution in [0.3, 0.4) is 0 Å². The van der Waals surface area contributed by atoms with Crippen molar-refractivity contribution in [3.05, 3.63) is 23.5 Å². The van der Waals surface area contributed by atoms with Gasteiger partial charge in [0.05, 0.1) is 31.4 Å². The van der Waals surface area contributed by atoms with E-state index in [1.807, 2.05) is 6.07 Å². The molecule has 1 aromatic heterocycles. The number of ether oxygens (including phenoxy) is 2. The smallest absolute Gasteiger partial charge is 0.314 e. The zero-order chi connectivity index (χ0) is 12.1. The number of nitriles is 1. The first-order valence-corrected chi connectivity index (χ1v) is 4.66. The van der Waals surface area contributed by atoms with Gasteiger partial charge >= 0.3 is 5.97 Å². The lowest BCUT2D eigenvalue weighted by atomic mass is 10.1. The molecule has 0 radical (unpaired) electrons. The van der Waals surface area contributed by atoms with Crippen molar-refractivity contribution in [1.29, 1.82) is 5.26 Å². The second-order valence-electron chi connectivity index (χ2n) is 3.17. The quantitative estimate of drug-likeness (QED) is 0.716. The van der Waals surface area contributed by atoms with Gasteiger partial charge in [-0.1, -0.05) is 0 Å². The van der Waals surface area contributed by atoms with Crippen molar-refractivity contribution in [1.82, 2.24) is 4.98 Å². The van der Waals surface area contributed by atoms with Crippen LogP contribution in [0, 0.1) is 11.3 Å². The zero-order valence-electron chi connectivity index (χ0n) is 9.35. The summed E-state index contributed by atoms with van der Waals surface area (Å²) in [5, 5.41) is 8.71. The minimum atomic E-state index is -0.521. The van der Waals surface area contributed by atoms with Crippen LogP contribution in [0.15, 0.2) is 12.3 Å². The predicted octanol–water partition coefficient (Wildman–Crippen LogP) is 1.24. The standard InChI is InChI=1S/C11H12N2O3/c1-7(11(14)16-3)10-9(15-2)4-8(5-12)6-13-10/h4,6-7H,1-3H3. The van der Waals surface area contributed by atoms with Crippen LogP contribution < -0.4 is 4.74 Å². The van der Waals surface area contributed by atoms with Crippen molar-refractivity contribution < 1.29 is 14.3 Å². The van der Waals surface area contributed by atoms with Gasteiger partial charge in [0.15, 0.2) is 0 Å². The van der Waals surface area contributed by atoms with E-state index in [-0.39, 0.29) is 0 Å². The van der Waals surface area contributed by atoms with E-state index in [1.165, 1.54) is 20.4 Å². The highest BCUT2D eigenvalue weighted by molar-refractivity contribution is 5.77. The number of methoxy groups -OCH3 is 2. The second kappa shape index (κ2) is 5.12. The average molecular weight is 220 g/mol. The Balaban J connectivity index is 3.14. The molecule has 0 bridgehead atoms. The Kier molecular flexibility index (Phi) is 3.84. The molecule has 1 unspecified atom stereocenters. The number of pyridine rings is 1. The van der Waals surface area contributed by atoms with E-state index in [0.29, 0.717) is 17.0 Å². The van der Waals surface area contributed by atoms with Crippen LogP contribution in [0.4, 0.5) is 0 Å². The van der Waals surface area contributed by atoms with Crippen molar-refractivity contribution in [3.8, 4) is 11.8 Å². The van der Waals surface area contributed by atoms with Crippen LogP contribution >= 0.6 is 0 Å². The molecule has 1 aromatic rings. The SMILES string of the molecule is COC(=O)C(C)c1ncc(C#N)cc1OC. The summed E-state index contributed by atoms with van der Waals surface area (Å²) in [6.07, 6.45) is 1.40. The third-order valence-electron chi connectivity index (χ3n) is 2.20. The van der Waals surface area contributed by atoms with Gasteiger partial charge in [-0.3, -0.25) is 9.78 Å². The molecule has 0 fully saturated rings. The molecule has 84 valence electrons. The van der Waals surface area contributed by atoms with Crippen molar-refractivity contribution >= 4 is 5.97 Å². The van der Waals surface area contributed by atoms with Crippen LogP contribution in [0.2, 0.25) is 0 Å². The van der Waals surface area contributed by atoms with Gasteiger partial charge in [-0.15, -0.1) is 0 Å². The van der Waals surface area contributed by atoms with E-state index in [4.69, 9.17) is 10.00 Å². The maximum atomic E-state index is 11.4. The van der Waals surface area contributed by atoms with Gasteiger partial charge in [0, 0.05) is 12.3 Å². The fourth-order valence-electron chi connectivity index (χ4n) is 1.29. The molecule has 0 saturated carbocycles. The van der Waals surface area contributed by atoms with Gasteiger partial charge in [0.2, 0.25) is 0 Å². The summed E-state index contributed by atoms with van der Waals surface area (Å²) in [7, 11) is 2.78. The van der Waals surface area contributed by atoms with E-state index < -0.39 is 11.9 Å². The molecule has 0 N–H and O–H groups in total. The molecule has 5 heteroatoms. The summed E-state index contributed by atoms with van der Waals surface area (Å²) >= 11 is 0. The number of carbonyl (C=O) groups excluding carboxylic acids is 1. The Morgan fingerprint density at radius 3 is 2.75 bits per heavy atom. The van der Waals surface area contributed by atoms with Gasteiger partial charge < -0.3 is 9.47 Å². The lowest BCUT2D eigenvalue weighted by Gasteiger charge is -2.12. The highest BCUT2D eigenvalue weighted by atomic mass is 16.5. The van der Waals surface area contributed by atoms with Crippen molar-refractivity contribution in [3.63, 3.8) is 0 Å². The van der Waals surface area contributed by atoms with Crippen LogP contribution in [0.5, 0.6) is 5.75 Å². The maximum absolute atomic E-state index is 11.4. The normalized spacial score (nSPS) is 11.4. The van der Waals surface area contributed by atoms with Crippen LogP contribution in [0.1, 0.15) is 24.1 Å². The van der Waals surface area contributed by atoms with Gasteiger partial charge in [-0.05, 0) is 6.92 Å². The molecule has 1 rings (SSSR count). The van der Waals surface area contributed by atoms with Crippen LogP contribution in [0.25, 0.3) is 0 Å². The first-order valence-electron chi connectivity index (χ1n) is 4.66. The first-order chi connectivity index (χ1) is 7.63. The molecule has 0 aliphatic carbocycles. The predicted molar refractivity (Wildman–Crippen MR) is 55.9 cm³/mol. The number of carbonyl (C=O) groups is 1. The molecular weight excluding hydrogens is 208 g/mol. The second-order valence-corrected chi connectivity index (χ2v) is 3.17. The molecule has 0 spiro atoms. The summed E-state index contributed by atoms with van der Waals surface area (Å²) in [4.78, 5) is 15.4. The number of aromatic nitrogens is 1. The van der Waals surface area contributed by atoms with Crippen molar-refractivity contribution in [2.75, 3.05) is 14.2 Å². The summed E-state index contributed by atoms with van der Waals surface area (Å²) in [6, 6.07) is 3.50. The van der Waals surface area contributed by atoms with Crippen molar-refractivity contribution in [2.45, 2.75) is 12.8 Å². The Labute approximate surface area is 93.6 Å². The maximum Gasteiger partial charge on any atom is 0.314 e. The Hall–Kier alpha value is -2.09. The Morgan fingerprint density at radius 1 is 1.56 bits per heavy atom. The highest BCUT2D eigenvalue weighted by Gasteiger charge is 2.21. The molecule has 0 aliphatic heterocycles. The molecule has 1 atom stereocenters. The number of hydrogen-bond acceptors (Lipinski definition) is 5. The molecule has 0 amide bonds.